The Morgan fingerprint density at radius 2 is 1.70 bits per heavy atom. The third-order valence-electron chi connectivity index (χ3n) is 3.49. The second-order valence-electron chi connectivity index (χ2n) is 5.32. The van der Waals surface area contributed by atoms with E-state index < -0.39 is 0 Å². The van der Waals surface area contributed by atoms with Crippen molar-refractivity contribution in [1.82, 2.24) is 4.98 Å². The largest absolute Gasteiger partial charge is 0.381 e. The molecule has 0 aliphatic heterocycles. The maximum atomic E-state index is 4.31. The van der Waals surface area contributed by atoms with Crippen LogP contribution in [0.2, 0.25) is 0 Å². The van der Waals surface area contributed by atoms with Crippen LogP contribution in [-0.2, 0) is 13.0 Å². The molecule has 0 unspecified atom stereocenters. The molecule has 0 spiro atoms. The molecule has 1 heterocycles. The molecular weight excluding hydrogens is 244 g/mol. The van der Waals surface area contributed by atoms with Crippen LogP contribution in [0, 0.1) is 6.92 Å². The number of nitrogens with one attached hydrogen (secondary N) is 1. The van der Waals surface area contributed by atoms with E-state index in [1.807, 2.05) is 19.2 Å². The number of aryl methyl sites for hydroxylation is 2. The lowest BCUT2D eigenvalue weighted by Gasteiger charge is -2.08. The molecule has 0 fully saturated rings. The minimum Gasteiger partial charge on any atom is -0.381 e. The number of hydrogen-bond donors (Lipinski definition) is 1. The molecule has 2 rings (SSSR count). The van der Waals surface area contributed by atoms with E-state index in [0.29, 0.717) is 0 Å². The van der Waals surface area contributed by atoms with Crippen LogP contribution in [0.3, 0.4) is 0 Å². The van der Waals surface area contributed by atoms with Gasteiger partial charge >= 0.3 is 0 Å². The van der Waals surface area contributed by atoms with Gasteiger partial charge in [0.25, 0.3) is 0 Å². The summed E-state index contributed by atoms with van der Waals surface area (Å²) in [5.74, 6) is 0. The predicted molar refractivity (Wildman–Crippen MR) is 86.0 cm³/mol. The Morgan fingerprint density at radius 1 is 0.950 bits per heavy atom. The fourth-order valence-corrected chi connectivity index (χ4v) is 2.18. The smallest absolute Gasteiger partial charge is 0.0416 e. The molecule has 1 N–H and O–H groups in total. The topological polar surface area (TPSA) is 24.9 Å². The lowest BCUT2D eigenvalue weighted by Crippen LogP contribution is -2.00. The van der Waals surface area contributed by atoms with E-state index in [0.717, 1.165) is 12.2 Å². The molecule has 0 amide bonds. The zero-order chi connectivity index (χ0) is 14.2. The van der Waals surface area contributed by atoms with Crippen LogP contribution < -0.4 is 5.32 Å². The van der Waals surface area contributed by atoms with Crippen molar-refractivity contribution in [3.8, 4) is 0 Å². The van der Waals surface area contributed by atoms with E-state index in [1.54, 1.807) is 0 Å². The monoisotopic (exact) mass is 268 g/mol. The van der Waals surface area contributed by atoms with Gasteiger partial charge in [0.2, 0.25) is 0 Å². The zero-order valence-corrected chi connectivity index (χ0v) is 12.5. The van der Waals surface area contributed by atoms with Gasteiger partial charge in [0.1, 0.15) is 0 Å². The van der Waals surface area contributed by atoms with Gasteiger partial charge in [-0.15, -0.1) is 0 Å². The molecule has 0 radical (unpaired) electrons. The normalized spacial score (nSPS) is 10.5. The highest BCUT2D eigenvalue weighted by Crippen LogP contribution is 2.13. The van der Waals surface area contributed by atoms with Gasteiger partial charge in [0.15, 0.2) is 0 Å². The van der Waals surface area contributed by atoms with Gasteiger partial charge < -0.3 is 5.32 Å². The Labute approximate surface area is 122 Å². The molecule has 2 nitrogen and oxygen atoms in total. The van der Waals surface area contributed by atoms with Crippen molar-refractivity contribution in [3.63, 3.8) is 0 Å². The van der Waals surface area contributed by atoms with Gasteiger partial charge in [-0.3, -0.25) is 4.98 Å². The molecule has 0 bridgehead atoms. The second-order valence-corrected chi connectivity index (χ2v) is 5.32. The van der Waals surface area contributed by atoms with Gasteiger partial charge in [0.05, 0.1) is 0 Å². The lowest BCUT2D eigenvalue weighted by molar-refractivity contribution is 0.717. The van der Waals surface area contributed by atoms with E-state index in [2.05, 4.69) is 47.6 Å². The van der Waals surface area contributed by atoms with Gasteiger partial charge in [-0.05, 0) is 49.1 Å². The standard InChI is InChI=1S/C18H24N2/c1-3-4-5-6-16-9-11-18(12-10-16)20-14-17-8-7-15(2)19-13-17/h7-13,20H,3-6,14H2,1-2H3. The second kappa shape index (κ2) is 7.68. The summed E-state index contributed by atoms with van der Waals surface area (Å²) in [6.07, 6.45) is 7.01. The van der Waals surface area contributed by atoms with Crippen LogP contribution in [0.5, 0.6) is 0 Å². The minimum absolute atomic E-state index is 0.822. The van der Waals surface area contributed by atoms with Crippen LogP contribution in [0.25, 0.3) is 0 Å². The molecule has 0 saturated heterocycles. The van der Waals surface area contributed by atoms with E-state index in [-0.39, 0.29) is 0 Å². The maximum absolute atomic E-state index is 4.31. The van der Waals surface area contributed by atoms with Gasteiger partial charge in [-0.1, -0.05) is 38.0 Å². The van der Waals surface area contributed by atoms with Crippen LogP contribution in [-0.4, -0.2) is 4.98 Å². The zero-order valence-electron chi connectivity index (χ0n) is 12.5. The Hall–Kier alpha value is -1.83. The molecule has 106 valence electrons. The van der Waals surface area contributed by atoms with Crippen molar-refractivity contribution < 1.29 is 0 Å². The average Bonchev–Trinajstić information content (AvgIpc) is 2.48. The number of unbranched alkanes of at least 4 members (excludes halogenated alkanes) is 2. The minimum atomic E-state index is 0.822. The summed E-state index contributed by atoms with van der Waals surface area (Å²) in [5.41, 5.74) is 4.87. The van der Waals surface area contributed by atoms with Gasteiger partial charge in [-0.25, -0.2) is 0 Å². The van der Waals surface area contributed by atoms with Crippen LogP contribution in [0.1, 0.15) is 43.0 Å². The Morgan fingerprint density at radius 3 is 2.35 bits per heavy atom. The Kier molecular flexibility index (Phi) is 5.60. The number of hydrogen-bond acceptors (Lipinski definition) is 2. The molecular formula is C18H24N2. The molecule has 0 aliphatic carbocycles. The van der Waals surface area contributed by atoms with E-state index in [4.69, 9.17) is 0 Å². The fourth-order valence-electron chi connectivity index (χ4n) is 2.18. The molecule has 0 atom stereocenters. The highest BCUT2D eigenvalue weighted by molar-refractivity contribution is 5.45. The van der Waals surface area contributed by atoms with E-state index >= 15 is 0 Å². The molecule has 1 aromatic carbocycles. The summed E-state index contributed by atoms with van der Waals surface area (Å²) in [7, 11) is 0. The van der Waals surface area contributed by atoms with Crippen molar-refractivity contribution in [2.75, 3.05) is 5.32 Å². The number of anilines is 1. The number of pyridine rings is 1. The first kappa shape index (κ1) is 14.6. The number of aromatic nitrogens is 1. The van der Waals surface area contributed by atoms with Crippen molar-refractivity contribution in [2.45, 2.75) is 46.1 Å². The quantitative estimate of drug-likeness (QED) is 0.734. The van der Waals surface area contributed by atoms with Crippen LogP contribution >= 0.6 is 0 Å². The van der Waals surface area contributed by atoms with Gasteiger partial charge in [0, 0.05) is 24.1 Å². The van der Waals surface area contributed by atoms with E-state index in [1.165, 1.54) is 42.5 Å². The Bertz CT molecular complexity index is 500. The number of benzene rings is 1. The third-order valence-corrected chi connectivity index (χ3v) is 3.49. The predicted octanol–water partition coefficient (Wildman–Crippen LogP) is 4.73. The van der Waals surface area contributed by atoms with Crippen molar-refractivity contribution >= 4 is 5.69 Å². The first-order valence-electron chi connectivity index (χ1n) is 7.52. The molecule has 0 saturated carbocycles. The van der Waals surface area contributed by atoms with Crippen molar-refractivity contribution in [3.05, 3.63) is 59.4 Å². The highest BCUT2D eigenvalue weighted by Gasteiger charge is 1.97. The summed E-state index contributed by atoms with van der Waals surface area (Å²) < 4.78 is 0. The maximum Gasteiger partial charge on any atom is 0.0416 e. The van der Waals surface area contributed by atoms with Crippen molar-refractivity contribution in [2.24, 2.45) is 0 Å². The molecule has 1 aromatic heterocycles. The van der Waals surface area contributed by atoms with Gasteiger partial charge in [-0.2, -0.15) is 0 Å². The SMILES string of the molecule is CCCCCc1ccc(NCc2ccc(C)nc2)cc1. The average molecular weight is 268 g/mol. The Balaban J connectivity index is 1.82. The third kappa shape index (κ3) is 4.69. The first-order chi connectivity index (χ1) is 9.78. The molecule has 2 heteroatoms. The molecule has 0 aliphatic rings. The summed E-state index contributed by atoms with van der Waals surface area (Å²) in [6, 6.07) is 13.0. The van der Waals surface area contributed by atoms with Crippen molar-refractivity contribution in [1.29, 1.82) is 0 Å². The summed E-state index contributed by atoms with van der Waals surface area (Å²) >= 11 is 0. The molecule has 2 aromatic rings. The fraction of sp³-hybridized carbons (Fsp3) is 0.389. The molecule has 20 heavy (non-hydrogen) atoms. The number of rotatable bonds is 7. The number of nitrogens with zero attached hydrogens (tertiary/aromatic N) is 1. The van der Waals surface area contributed by atoms with Crippen LogP contribution in [0.15, 0.2) is 42.6 Å². The summed E-state index contributed by atoms with van der Waals surface area (Å²) in [6.45, 7) is 5.07. The lowest BCUT2D eigenvalue weighted by atomic mass is 10.1. The highest BCUT2D eigenvalue weighted by atomic mass is 14.9. The van der Waals surface area contributed by atoms with E-state index in [9.17, 15) is 0 Å². The van der Waals surface area contributed by atoms with Crippen LogP contribution in [0.4, 0.5) is 5.69 Å². The first-order valence-corrected chi connectivity index (χ1v) is 7.52. The summed E-state index contributed by atoms with van der Waals surface area (Å²) in [4.78, 5) is 4.31. The summed E-state index contributed by atoms with van der Waals surface area (Å²) in [5, 5.41) is 3.43.